The van der Waals surface area contributed by atoms with Gasteiger partial charge in [-0.2, -0.15) is 0 Å². The van der Waals surface area contributed by atoms with E-state index in [1.807, 2.05) is 6.07 Å². The average molecular weight is 523 g/mol. The molecule has 0 radical (unpaired) electrons. The van der Waals surface area contributed by atoms with Crippen molar-refractivity contribution in [3.63, 3.8) is 0 Å². The van der Waals surface area contributed by atoms with Crippen LogP contribution in [0.1, 0.15) is 38.5 Å². The summed E-state index contributed by atoms with van der Waals surface area (Å²) in [7, 11) is 0.268. The van der Waals surface area contributed by atoms with Gasteiger partial charge in [-0.3, -0.25) is 4.99 Å². The lowest BCUT2D eigenvalue weighted by molar-refractivity contribution is 0.138. The van der Waals surface area contributed by atoms with Crippen LogP contribution in [-0.4, -0.2) is 54.0 Å². The molecule has 0 unspecified atom stereocenters. The highest BCUT2D eigenvalue weighted by Gasteiger charge is 2.33. The Morgan fingerprint density at radius 3 is 2.46 bits per heavy atom. The smallest absolute Gasteiger partial charge is 0.190 e. The van der Waals surface area contributed by atoms with Gasteiger partial charge in [0.05, 0.1) is 10.6 Å². The van der Waals surface area contributed by atoms with Gasteiger partial charge in [-0.15, -0.1) is 24.0 Å². The standard InChI is InChI=1S/C20H33N3O3S.HI/c1-21-19(23-17-20(13-15-26-2)11-6-7-12-20)22-14-8-16-27(24,25)18-9-4-3-5-10-18;/h3-5,9-10H,6-8,11-17H2,1-2H3,(H2,21,22,23);1H. The summed E-state index contributed by atoms with van der Waals surface area (Å²) < 4.78 is 29.9. The molecule has 160 valence electrons. The number of hydrogen-bond donors (Lipinski definition) is 2. The molecule has 1 aliphatic carbocycles. The Kier molecular flexibility index (Phi) is 11.4. The van der Waals surface area contributed by atoms with Crippen molar-refractivity contribution < 1.29 is 13.2 Å². The Bertz CT molecular complexity index is 690. The number of rotatable bonds is 10. The number of aliphatic imine (C=N–C) groups is 1. The molecule has 0 atom stereocenters. The van der Waals surface area contributed by atoms with Gasteiger partial charge in [0.25, 0.3) is 0 Å². The van der Waals surface area contributed by atoms with Gasteiger partial charge in [0.15, 0.2) is 15.8 Å². The zero-order valence-electron chi connectivity index (χ0n) is 16.9. The first-order chi connectivity index (χ1) is 13.0. The summed E-state index contributed by atoms with van der Waals surface area (Å²) in [6.07, 6.45) is 6.57. The Hall–Kier alpha value is -0.870. The van der Waals surface area contributed by atoms with Gasteiger partial charge in [-0.25, -0.2) is 8.42 Å². The number of hydrogen-bond acceptors (Lipinski definition) is 4. The van der Waals surface area contributed by atoms with E-state index >= 15 is 0 Å². The average Bonchev–Trinajstić information content (AvgIpc) is 3.15. The third-order valence-electron chi connectivity index (χ3n) is 5.34. The maximum Gasteiger partial charge on any atom is 0.190 e. The number of ether oxygens (including phenoxy) is 1. The van der Waals surface area contributed by atoms with E-state index in [2.05, 4.69) is 15.6 Å². The van der Waals surface area contributed by atoms with Crippen LogP contribution in [0.5, 0.6) is 0 Å². The first-order valence-corrected chi connectivity index (χ1v) is 11.4. The van der Waals surface area contributed by atoms with Crippen LogP contribution in [0.25, 0.3) is 0 Å². The molecule has 2 N–H and O–H groups in total. The Morgan fingerprint density at radius 1 is 1.18 bits per heavy atom. The maximum absolute atomic E-state index is 12.3. The minimum Gasteiger partial charge on any atom is -0.385 e. The largest absolute Gasteiger partial charge is 0.385 e. The molecule has 1 saturated carbocycles. The van der Waals surface area contributed by atoms with Crippen LogP contribution in [0.2, 0.25) is 0 Å². The molecule has 2 rings (SSSR count). The van der Waals surface area contributed by atoms with E-state index in [1.54, 1.807) is 38.4 Å². The summed E-state index contributed by atoms with van der Waals surface area (Å²) in [6, 6.07) is 8.60. The molecule has 1 fully saturated rings. The fourth-order valence-electron chi connectivity index (χ4n) is 3.67. The Balaban J connectivity index is 0.00000392. The first kappa shape index (κ1) is 25.2. The molecule has 0 aliphatic heterocycles. The minimum absolute atomic E-state index is 0. The van der Waals surface area contributed by atoms with E-state index in [1.165, 1.54) is 25.7 Å². The van der Waals surface area contributed by atoms with E-state index in [0.29, 0.717) is 17.9 Å². The van der Waals surface area contributed by atoms with E-state index < -0.39 is 9.84 Å². The molecule has 6 nitrogen and oxygen atoms in total. The molecule has 28 heavy (non-hydrogen) atoms. The zero-order chi connectivity index (χ0) is 19.6. The van der Waals surface area contributed by atoms with Crippen LogP contribution in [0, 0.1) is 5.41 Å². The third-order valence-corrected chi connectivity index (χ3v) is 7.16. The molecular formula is C20H34IN3O3S. The molecule has 0 spiro atoms. The van der Waals surface area contributed by atoms with E-state index in [-0.39, 0.29) is 35.1 Å². The molecule has 0 heterocycles. The molecule has 8 heteroatoms. The summed E-state index contributed by atoms with van der Waals surface area (Å²) in [5.41, 5.74) is 0.282. The molecule has 0 saturated heterocycles. The molecule has 1 aliphatic rings. The van der Waals surface area contributed by atoms with Crippen molar-refractivity contribution in [2.45, 2.75) is 43.4 Å². The third kappa shape index (κ3) is 7.87. The molecule has 0 bridgehead atoms. The van der Waals surface area contributed by atoms with Crippen LogP contribution in [0.4, 0.5) is 0 Å². The number of guanidine groups is 1. The predicted molar refractivity (Wildman–Crippen MR) is 125 cm³/mol. The van der Waals surface area contributed by atoms with Gasteiger partial charge >= 0.3 is 0 Å². The highest BCUT2D eigenvalue weighted by atomic mass is 127. The first-order valence-electron chi connectivity index (χ1n) is 9.73. The van der Waals surface area contributed by atoms with Crippen molar-refractivity contribution in [2.75, 3.05) is 39.6 Å². The second kappa shape index (κ2) is 12.6. The summed E-state index contributed by atoms with van der Waals surface area (Å²) >= 11 is 0. The van der Waals surface area contributed by atoms with Crippen molar-refractivity contribution in [1.29, 1.82) is 0 Å². The van der Waals surface area contributed by atoms with Crippen LogP contribution in [-0.2, 0) is 14.6 Å². The number of sulfone groups is 1. The van der Waals surface area contributed by atoms with Gasteiger partial charge in [0.1, 0.15) is 0 Å². The van der Waals surface area contributed by atoms with Gasteiger partial charge < -0.3 is 15.4 Å². The Labute approximate surface area is 186 Å². The monoisotopic (exact) mass is 523 g/mol. The summed E-state index contributed by atoms with van der Waals surface area (Å²) in [5.74, 6) is 0.856. The van der Waals surface area contributed by atoms with Crippen molar-refractivity contribution in [2.24, 2.45) is 10.4 Å². The fourth-order valence-corrected chi connectivity index (χ4v) is 5.00. The van der Waals surface area contributed by atoms with Gasteiger partial charge in [-0.1, -0.05) is 31.0 Å². The molecule has 1 aromatic carbocycles. The molecule has 0 aromatic heterocycles. The summed E-state index contributed by atoms with van der Waals surface area (Å²) in [5, 5.41) is 6.66. The second-order valence-corrected chi connectivity index (χ2v) is 9.40. The lowest BCUT2D eigenvalue weighted by atomic mass is 9.83. The van der Waals surface area contributed by atoms with Crippen molar-refractivity contribution >= 4 is 39.8 Å². The quantitative estimate of drug-likeness (QED) is 0.213. The number of methoxy groups -OCH3 is 1. The molecule has 0 amide bonds. The van der Waals surface area contributed by atoms with Gasteiger partial charge in [0, 0.05) is 33.9 Å². The number of benzene rings is 1. The lowest BCUT2D eigenvalue weighted by Gasteiger charge is -2.30. The summed E-state index contributed by atoms with van der Waals surface area (Å²) in [4.78, 5) is 4.65. The van der Waals surface area contributed by atoms with Gasteiger partial charge in [-0.05, 0) is 43.2 Å². The number of halogens is 1. The lowest BCUT2D eigenvalue weighted by Crippen LogP contribution is -2.43. The SMILES string of the molecule is CN=C(NCCCS(=O)(=O)c1ccccc1)NCC1(CCOC)CCCC1.I. The van der Waals surface area contributed by atoms with Crippen molar-refractivity contribution in [3.8, 4) is 0 Å². The highest BCUT2D eigenvalue weighted by Crippen LogP contribution is 2.40. The fraction of sp³-hybridized carbons (Fsp3) is 0.650. The second-order valence-electron chi connectivity index (χ2n) is 7.29. The van der Waals surface area contributed by atoms with Crippen LogP contribution >= 0.6 is 24.0 Å². The van der Waals surface area contributed by atoms with Crippen LogP contribution in [0.15, 0.2) is 40.2 Å². The van der Waals surface area contributed by atoms with Crippen LogP contribution < -0.4 is 10.6 Å². The number of nitrogens with zero attached hydrogens (tertiary/aromatic N) is 1. The zero-order valence-corrected chi connectivity index (χ0v) is 20.1. The molecule has 1 aromatic rings. The van der Waals surface area contributed by atoms with Crippen molar-refractivity contribution in [3.05, 3.63) is 30.3 Å². The minimum atomic E-state index is -3.22. The summed E-state index contributed by atoms with van der Waals surface area (Å²) in [6.45, 7) is 2.22. The topological polar surface area (TPSA) is 79.8 Å². The predicted octanol–water partition coefficient (Wildman–Crippen LogP) is 3.23. The van der Waals surface area contributed by atoms with Crippen molar-refractivity contribution in [1.82, 2.24) is 10.6 Å². The highest BCUT2D eigenvalue weighted by molar-refractivity contribution is 14.0. The van der Waals surface area contributed by atoms with Crippen LogP contribution in [0.3, 0.4) is 0 Å². The Morgan fingerprint density at radius 2 is 1.86 bits per heavy atom. The normalized spacial score (nSPS) is 16.4. The van der Waals surface area contributed by atoms with Gasteiger partial charge in [0.2, 0.25) is 0 Å². The molecular weight excluding hydrogens is 489 g/mol. The number of nitrogens with one attached hydrogen (secondary N) is 2. The van der Waals surface area contributed by atoms with E-state index in [0.717, 1.165) is 25.5 Å². The van der Waals surface area contributed by atoms with E-state index in [9.17, 15) is 8.42 Å². The van der Waals surface area contributed by atoms with E-state index in [4.69, 9.17) is 4.74 Å². The maximum atomic E-state index is 12.3.